The van der Waals surface area contributed by atoms with E-state index >= 15 is 0 Å². The Hall–Kier alpha value is -4.80. The van der Waals surface area contributed by atoms with Crippen molar-refractivity contribution in [3.63, 3.8) is 0 Å². The summed E-state index contributed by atoms with van der Waals surface area (Å²) in [5.41, 5.74) is 17.1. The van der Waals surface area contributed by atoms with Crippen molar-refractivity contribution in [1.29, 1.82) is 0 Å². The Kier molecular flexibility index (Phi) is 9.40. The molecule has 2 heterocycles. The van der Waals surface area contributed by atoms with Gasteiger partial charge in [0.15, 0.2) is 0 Å². The summed E-state index contributed by atoms with van der Waals surface area (Å²) in [5.74, 6) is 0. The van der Waals surface area contributed by atoms with Crippen LogP contribution in [-0.4, -0.2) is 14.8 Å². The van der Waals surface area contributed by atoms with Gasteiger partial charge in [0, 0.05) is 34.1 Å². The molecule has 0 atom stereocenters. The van der Waals surface area contributed by atoms with Gasteiger partial charge in [0.25, 0.3) is 6.71 Å². The van der Waals surface area contributed by atoms with Crippen LogP contribution in [0.1, 0.15) is 105 Å². The Morgan fingerprint density at radius 3 is 1.17 bits per heavy atom. The van der Waals surface area contributed by atoms with Gasteiger partial charge < -0.3 is 9.80 Å². The van der Waals surface area contributed by atoms with Crippen LogP contribution in [0.15, 0.2) is 127 Å². The van der Waals surface area contributed by atoms with E-state index < -0.39 is 8.07 Å². The molecule has 58 heavy (non-hydrogen) atoms. The molecule has 0 unspecified atom stereocenters. The van der Waals surface area contributed by atoms with Gasteiger partial charge in [0.1, 0.15) is 8.07 Å². The summed E-state index contributed by atoms with van der Waals surface area (Å²) in [5, 5.41) is 2.88. The van der Waals surface area contributed by atoms with Gasteiger partial charge in [-0.1, -0.05) is 185 Å². The van der Waals surface area contributed by atoms with E-state index in [0.29, 0.717) is 0 Å². The van der Waals surface area contributed by atoms with E-state index in [1.165, 1.54) is 83.1 Å². The first-order valence-electron chi connectivity index (χ1n) is 21.4. The van der Waals surface area contributed by atoms with Gasteiger partial charge in [-0.05, 0) is 109 Å². The Morgan fingerprint density at radius 1 is 0.379 bits per heavy atom. The van der Waals surface area contributed by atoms with E-state index in [0.717, 1.165) is 0 Å². The van der Waals surface area contributed by atoms with E-state index in [4.69, 9.17) is 0 Å². The molecule has 0 amide bonds. The summed E-state index contributed by atoms with van der Waals surface area (Å²) in [4.78, 5) is 5.26. The number of fused-ring (bicyclic) bond motifs is 4. The molecule has 2 aliphatic heterocycles. The molecule has 0 bridgehead atoms. The van der Waals surface area contributed by atoms with Crippen molar-refractivity contribution in [2.75, 3.05) is 9.80 Å². The Bertz CT molecular complexity index is 2390. The van der Waals surface area contributed by atoms with Gasteiger partial charge in [0.2, 0.25) is 0 Å². The van der Waals surface area contributed by atoms with E-state index in [-0.39, 0.29) is 28.4 Å². The fraction of sp³-hybridized carbons (Fsp3) is 0.333. The molecule has 2 nitrogen and oxygen atoms in total. The first kappa shape index (κ1) is 40.0. The highest BCUT2D eigenvalue weighted by molar-refractivity contribution is 7.02. The second kappa shape index (κ2) is 13.6. The number of hydrogen-bond acceptors (Lipinski definition) is 2. The van der Waals surface area contributed by atoms with Gasteiger partial charge >= 0.3 is 0 Å². The molecule has 6 aromatic carbocycles. The van der Waals surface area contributed by atoms with Crippen molar-refractivity contribution in [1.82, 2.24) is 0 Å². The summed E-state index contributed by atoms with van der Waals surface area (Å²) in [6, 6.07) is 49.9. The van der Waals surface area contributed by atoms with E-state index in [1.807, 2.05) is 0 Å². The molecule has 0 saturated heterocycles. The molecule has 0 spiro atoms. The first-order valence-corrected chi connectivity index (χ1v) is 24.4. The quantitative estimate of drug-likeness (QED) is 0.164. The number of rotatable bonds is 4. The first-order chi connectivity index (χ1) is 27.0. The van der Waals surface area contributed by atoms with Crippen LogP contribution in [-0.2, 0) is 21.7 Å². The molecule has 0 N–H and O–H groups in total. The van der Waals surface area contributed by atoms with Crippen LogP contribution >= 0.6 is 0 Å². The number of benzene rings is 6. The summed E-state index contributed by atoms with van der Waals surface area (Å²) in [6.07, 6.45) is 0. The fourth-order valence-corrected chi connectivity index (χ4v) is 11.4. The highest BCUT2D eigenvalue weighted by atomic mass is 28.3. The van der Waals surface area contributed by atoms with Gasteiger partial charge in [-0.2, -0.15) is 0 Å². The topological polar surface area (TPSA) is 6.48 Å². The van der Waals surface area contributed by atoms with Crippen molar-refractivity contribution < 1.29 is 0 Å². The molecule has 4 heteroatoms. The Labute approximate surface area is 351 Å². The summed E-state index contributed by atoms with van der Waals surface area (Å²) in [6.45, 7) is 33.1. The molecule has 2 aliphatic rings. The molecule has 0 radical (unpaired) electrons. The third-order valence-corrected chi connectivity index (χ3v) is 16.5. The van der Waals surface area contributed by atoms with Crippen LogP contribution in [0, 0.1) is 0 Å². The standard InChI is InChI=1S/C54H63BN2Si/c1-51(2,3)36-20-18-22-40(30-36)56-46-32-38(53(7,8)9)26-28-44(46)55-45-29-27-39(54(10,11)12)33-47(45)57(41-23-19-21-37(31-41)52(4,5)6)49-35-43(34-48(56)50(49)55)58(13,14)42-24-16-15-17-25-42/h15-35H,1-14H3. The van der Waals surface area contributed by atoms with Crippen LogP contribution in [0.5, 0.6) is 0 Å². The fourth-order valence-electron chi connectivity index (χ4n) is 9.08. The molecule has 0 saturated carbocycles. The molecule has 296 valence electrons. The van der Waals surface area contributed by atoms with Crippen LogP contribution in [0.3, 0.4) is 0 Å². The van der Waals surface area contributed by atoms with Gasteiger partial charge in [0.05, 0.1) is 0 Å². The lowest BCUT2D eigenvalue weighted by Crippen LogP contribution is -2.63. The predicted molar refractivity (Wildman–Crippen MR) is 258 cm³/mol. The predicted octanol–water partition coefficient (Wildman–Crippen LogP) is 11.8. The van der Waals surface area contributed by atoms with Crippen molar-refractivity contribution in [2.45, 2.75) is 118 Å². The second-order valence-electron chi connectivity index (χ2n) is 21.7. The maximum absolute atomic E-state index is 2.63. The van der Waals surface area contributed by atoms with Gasteiger partial charge in [-0.3, -0.25) is 0 Å². The van der Waals surface area contributed by atoms with E-state index in [9.17, 15) is 0 Å². The smallest absolute Gasteiger partial charge is 0.252 e. The average Bonchev–Trinajstić information content (AvgIpc) is 3.16. The van der Waals surface area contributed by atoms with Crippen molar-refractivity contribution in [3.8, 4) is 0 Å². The summed E-state index contributed by atoms with van der Waals surface area (Å²) in [7, 11) is -2.22. The zero-order valence-corrected chi connectivity index (χ0v) is 38.6. The summed E-state index contributed by atoms with van der Waals surface area (Å²) < 4.78 is 0. The lowest BCUT2D eigenvalue weighted by Gasteiger charge is -2.46. The molecule has 6 aromatic rings. The lowest BCUT2D eigenvalue weighted by atomic mass is 9.33. The van der Waals surface area contributed by atoms with E-state index in [1.54, 1.807) is 0 Å². The monoisotopic (exact) mass is 778 g/mol. The van der Waals surface area contributed by atoms with E-state index in [2.05, 4.69) is 233 Å². The van der Waals surface area contributed by atoms with Crippen LogP contribution in [0.25, 0.3) is 0 Å². The number of nitrogens with zero attached hydrogens (tertiary/aromatic N) is 2. The molecular formula is C54H63BN2Si. The molecule has 0 aliphatic carbocycles. The zero-order chi connectivity index (χ0) is 41.7. The van der Waals surface area contributed by atoms with Crippen LogP contribution < -0.4 is 36.6 Å². The minimum absolute atomic E-state index is 0.00643. The molecule has 0 fully saturated rings. The highest BCUT2D eigenvalue weighted by Gasteiger charge is 2.45. The molecular weight excluding hydrogens is 716 g/mol. The largest absolute Gasteiger partial charge is 0.311 e. The SMILES string of the molecule is CC(C)(C)c1cccc(N2c3cc(C(C)(C)C)ccc3B3c4ccc(C(C)(C)C)cc4N(c4cccc(C(C)(C)C)c4)c4cc([Si](C)(C)c5ccccc5)cc2c43)c1. The highest BCUT2D eigenvalue weighted by Crippen LogP contribution is 2.46. The molecule has 8 rings (SSSR count). The van der Waals surface area contributed by atoms with Gasteiger partial charge in [-0.15, -0.1) is 0 Å². The Balaban J connectivity index is 1.54. The minimum Gasteiger partial charge on any atom is -0.311 e. The van der Waals surface area contributed by atoms with Crippen molar-refractivity contribution >= 4 is 75.7 Å². The summed E-state index contributed by atoms with van der Waals surface area (Å²) >= 11 is 0. The molecule has 0 aromatic heterocycles. The average molecular weight is 779 g/mol. The maximum atomic E-state index is 2.63. The minimum atomic E-state index is -2.22. The van der Waals surface area contributed by atoms with Gasteiger partial charge in [-0.25, -0.2) is 0 Å². The number of anilines is 6. The third-order valence-electron chi connectivity index (χ3n) is 13.0. The third kappa shape index (κ3) is 6.85. The van der Waals surface area contributed by atoms with Crippen molar-refractivity contribution in [2.24, 2.45) is 0 Å². The van der Waals surface area contributed by atoms with Crippen molar-refractivity contribution in [3.05, 3.63) is 150 Å². The second-order valence-corrected chi connectivity index (χ2v) is 26.1. The lowest BCUT2D eigenvalue weighted by molar-refractivity contribution is 0.589. The Morgan fingerprint density at radius 2 is 0.776 bits per heavy atom. The van der Waals surface area contributed by atoms with Crippen LogP contribution in [0.2, 0.25) is 13.1 Å². The normalized spacial score (nSPS) is 14.3. The number of hydrogen-bond donors (Lipinski definition) is 0. The zero-order valence-electron chi connectivity index (χ0n) is 37.6. The van der Waals surface area contributed by atoms with Crippen LogP contribution in [0.4, 0.5) is 34.1 Å². The maximum Gasteiger partial charge on any atom is 0.252 e.